The summed E-state index contributed by atoms with van der Waals surface area (Å²) in [7, 11) is 1.53. The van der Waals surface area contributed by atoms with Crippen molar-refractivity contribution in [3.8, 4) is 11.5 Å². The Morgan fingerprint density at radius 1 is 1.65 bits per heavy atom. The highest BCUT2D eigenvalue weighted by Crippen LogP contribution is 2.44. The molecule has 1 aliphatic rings. The summed E-state index contributed by atoms with van der Waals surface area (Å²) in [5.41, 5.74) is 1.41. The van der Waals surface area contributed by atoms with E-state index in [9.17, 15) is 4.79 Å². The predicted octanol–water partition coefficient (Wildman–Crippen LogP) is 2.47. The first kappa shape index (κ1) is 12.0. The molecule has 0 saturated heterocycles. The van der Waals surface area contributed by atoms with Crippen LogP contribution in [0.5, 0.6) is 11.5 Å². The van der Waals surface area contributed by atoms with Crippen LogP contribution in [0.25, 0.3) is 0 Å². The zero-order valence-corrected chi connectivity index (χ0v) is 10.4. The Morgan fingerprint density at radius 2 is 2.35 bits per heavy atom. The lowest BCUT2D eigenvalue weighted by Gasteiger charge is -2.15. The van der Waals surface area contributed by atoms with Crippen molar-refractivity contribution in [1.82, 2.24) is 0 Å². The number of fused-ring (bicyclic) bond motifs is 1. The number of halogens is 1. The molecule has 0 aliphatic carbocycles. The van der Waals surface area contributed by atoms with Crippen molar-refractivity contribution in [2.24, 2.45) is 0 Å². The summed E-state index contributed by atoms with van der Waals surface area (Å²) >= 11 is 6.22. The number of ether oxygens (including phenoxy) is 2. The first-order valence-electron chi connectivity index (χ1n) is 5.31. The van der Waals surface area contributed by atoms with Crippen LogP contribution in [-0.4, -0.2) is 24.8 Å². The fraction of sp³-hybridized carbons (Fsp3) is 0.417. The molecule has 1 atom stereocenters. The average molecular weight is 257 g/mol. The third kappa shape index (κ3) is 1.93. The van der Waals surface area contributed by atoms with Crippen LogP contribution in [0.1, 0.15) is 24.0 Å². The molecule has 0 fully saturated rings. The van der Waals surface area contributed by atoms with E-state index in [1.165, 1.54) is 7.11 Å². The highest BCUT2D eigenvalue weighted by atomic mass is 35.5. The Bertz CT molecular complexity index is 470. The van der Waals surface area contributed by atoms with Crippen molar-refractivity contribution in [2.75, 3.05) is 13.7 Å². The summed E-state index contributed by atoms with van der Waals surface area (Å²) in [4.78, 5) is 11.0. The normalized spacial score (nSPS) is 15.0. The van der Waals surface area contributed by atoms with Gasteiger partial charge in [-0.05, 0) is 18.6 Å². The number of carboxylic acid groups (broad SMARTS) is 1. The lowest BCUT2D eigenvalue weighted by Crippen LogP contribution is -2.09. The summed E-state index contributed by atoms with van der Waals surface area (Å²) in [5.74, 6) is -0.390. The van der Waals surface area contributed by atoms with Crippen LogP contribution in [0.15, 0.2) is 6.07 Å². The van der Waals surface area contributed by atoms with Crippen molar-refractivity contribution < 1.29 is 19.4 Å². The maximum atomic E-state index is 11.0. The fourth-order valence-corrected chi connectivity index (χ4v) is 2.33. The molecule has 0 aromatic heterocycles. The quantitative estimate of drug-likeness (QED) is 0.903. The lowest BCUT2D eigenvalue weighted by atomic mass is 9.97. The minimum atomic E-state index is -0.909. The molecule has 1 heterocycles. The van der Waals surface area contributed by atoms with Crippen molar-refractivity contribution >= 4 is 17.6 Å². The van der Waals surface area contributed by atoms with Gasteiger partial charge in [-0.15, -0.1) is 0 Å². The van der Waals surface area contributed by atoms with E-state index in [0.717, 1.165) is 5.56 Å². The number of aliphatic carboxylic acids is 1. The second-order valence-corrected chi connectivity index (χ2v) is 4.33. The first-order chi connectivity index (χ1) is 8.06. The van der Waals surface area contributed by atoms with Crippen LogP contribution < -0.4 is 9.47 Å². The maximum Gasteiger partial charge on any atom is 0.310 e. The molecule has 17 heavy (non-hydrogen) atoms. The molecule has 0 bridgehead atoms. The molecule has 0 radical (unpaired) electrons. The van der Waals surface area contributed by atoms with Gasteiger partial charge in [-0.1, -0.05) is 11.6 Å². The van der Waals surface area contributed by atoms with Crippen molar-refractivity contribution in [3.63, 3.8) is 0 Å². The molecule has 1 aromatic carbocycles. The van der Waals surface area contributed by atoms with Gasteiger partial charge in [0.05, 0.1) is 24.7 Å². The summed E-state index contributed by atoms with van der Waals surface area (Å²) in [6, 6.07) is 1.64. The predicted molar refractivity (Wildman–Crippen MR) is 63.3 cm³/mol. The van der Waals surface area contributed by atoms with E-state index in [-0.39, 0.29) is 0 Å². The van der Waals surface area contributed by atoms with Gasteiger partial charge in [-0.2, -0.15) is 0 Å². The van der Waals surface area contributed by atoms with Gasteiger partial charge in [0.15, 0.2) is 11.5 Å². The van der Waals surface area contributed by atoms with E-state index in [1.807, 2.05) is 0 Å². The first-order valence-corrected chi connectivity index (χ1v) is 5.69. The highest BCUT2D eigenvalue weighted by Gasteiger charge is 2.27. The largest absolute Gasteiger partial charge is 0.493 e. The highest BCUT2D eigenvalue weighted by molar-refractivity contribution is 6.32. The van der Waals surface area contributed by atoms with Crippen LogP contribution in [0.3, 0.4) is 0 Å². The van der Waals surface area contributed by atoms with Crippen molar-refractivity contribution in [2.45, 2.75) is 19.3 Å². The number of methoxy groups -OCH3 is 1. The van der Waals surface area contributed by atoms with Gasteiger partial charge in [0.25, 0.3) is 0 Å². The lowest BCUT2D eigenvalue weighted by molar-refractivity contribution is -0.138. The molecule has 0 amide bonds. The zero-order chi connectivity index (χ0) is 12.6. The van der Waals surface area contributed by atoms with Gasteiger partial charge in [-0.25, -0.2) is 0 Å². The molecule has 4 nitrogen and oxygen atoms in total. The van der Waals surface area contributed by atoms with E-state index in [2.05, 4.69) is 0 Å². The summed E-state index contributed by atoms with van der Waals surface area (Å²) in [6.07, 6.45) is 0.685. The minimum Gasteiger partial charge on any atom is -0.493 e. The Hall–Kier alpha value is -1.42. The average Bonchev–Trinajstić information content (AvgIpc) is 2.78. The molecular formula is C12H13ClO4. The van der Waals surface area contributed by atoms with E-state index < -0.39 is 11.9 Å². The van der Waals surface area contributed by atoms with E-state index in [1.54, 1.807) is 13.0 Å². The number of hydrogen-bond donors (Lipinski definition) is 1. The van der Waals surface area contributed by atoms with Gasteiger partial charge in [0.2, 0.25) is 0 Å². The van der Waals surface area contributed by atoms with Gasteiger partial charge < -0.3 is 14.6 Å². The van der Waals surface area contributed by atoms with Crippen LogP contribution >= 0.6 is 11.6 Å². The molecule has 2 rings (SSSR count). The molecule has 0 spiro atoms. The summed E-state index contributed by atoms with van der Waals surface area (Å²) in [6.45, 7) is 2.15. The van der Waals surface area contributed by atoms with Gasteiger partial charge in [0.1, 0.15) is 0 Å². The van der Waals surface area contributed by atoms with E-state index >= 15 is 0 Å². The smallest absolute Gasteiger partial charge is 0.310 e. The second kappa shape index (κ2) is 4.45. The van der Waals surface area contributed by atoms with Crippen LogP contribution in [0, 0.1) is 0 Å². The minimum absolute atomic E-state index is 0.480. The Kier molecular flexibility index (Phi) is 3.15. The summed E-state index contributed by atoms with van der Waals surface area (Å²) in [5, 5.41) is 9.52. The Balaban J connectivity index is 2.58. The monoisotopic (exact) mass is 256 g/mol. The fourth-order valence-electron chi connectivity index (χ4n) is 1.93. The molecule has 1 aromatic rings. The Labute approximate surface area is 104 Å². The molecule has 0 saturated carbocycles. The molecule has 1 N–H and O–H groups in total. The van der Waals surface area contributed by atoms with Crippen LogP contribution in [0.2, 0.25) is 5.02 Å². The van der Waals surface area contributed by atoms with Crippen molar-refractivity contribution in [3.05, 3.63) is 22.2 Å². The summed E-state index contributed by atoms with van der Waals surface area (Å²) < 4.78 is 10.6. The van der Waals surface area contributed by atoms with E-state index in [4.69, 9.17) is 26.2 Å². The Morgan fingerprint density at radius 3 is 2.94 bits per heavy atom. The van der Waals surface area contributed by atoms with Gasteiger partial charge in [-0.3, -0.25) is 4.79 Å². The SMILES string of the molecule is COc1cc(C(C)C(=O)O)c(Cl)c2c1OCC2. The topological polar surface area (TPSA) is 55.8 Å². The van der Waals surface area contributed by atoms with Crippen LogP contribution in [-0.2, 0) is 11.2 Å². The second-order valence-electron chi connectivity index (χ2n) is 3.95. The van der Waals surface area contributed by atoms with Gasteiger partial charge in [0, 0.05) is 12.0 Å². The molecule has 1 aliphatic heterocycles. The molecule has 5 heteroatoms. The maximum absolute atomic E-state index is 11.0. The number of carbonyl (C=O) groups is 1. The number of hydrogen-bond acceptors (Lipinski definition) is 3. The standard InChI is InChI=1S/C12H13ClO4/c1-6(12(14)15)8-5-9(16-2)11-7(10(8)13)3-4-17-11/h5-6H,3-4H2,1-2H3,(H,14,15). The van der Waals surface area contributed by atoms with Gasteiger partial charge >= 0.3 is 5.97 Å². The molecule has 1 unspecified atom stereocenters. The van der Waals surface area contributed by atoms with Crippen LogP contribution in [0.4, 0.5) is 0 Å². The third-order valence-electron chi connectivity index (χ3n) is 2.96. The molecular weight excluding hydrogens is 244 g/mol. The number of benzene rings is 1. The van der Waals surface area contributed by atoms with Crippen molar-refractivity contribution in [1.29, 1.82) is 0 Å². The molecule has 92 valence electrons. The van der Waals surface area contributed by atoms with E-state index in [0.29, 0.717) is 35.1 Å². The number of carboxylic acids is 1. The zero-order valence-electron chi connectivity index (χ0n) is 9.62. The third-order valence-corrected chi connectivity index (χ3v) is 3.40. The number of rotatable bonds is 3.